The number of carbonyl (C=O) groups excluding carboxylic acids is 1. The number of nitrogens with one attached hydrogen (secondary N) is 2. The molecular formula is C24H33N5O4S. The molecule has 2 fully saturated rings. The average Bonchev–Trinajstić information content (AvgIpc) is 3.62. The number of anilines is 1. The van der Waals surface area contributed by atoms with E-state index in [1.54, 1.807) is 12.1 Å². The van der Waals surface area contributed by atoms with Crippen LogP contribution in [0.2, 0.25) is 0 Å². The Balaban J connectivity index is 1.77. The molecular weight excluding hydrogens is 454 g/mol. The normalized spacial score (nSPS) is 21.9. The van der Waals surface area contributed by atoms with Gasteiger partial charge in [-0.1, -0.05) is 25.8 Å². The highest BCUT2D eigenvalue weighted by atomic mass is 32.2. The first-order valence-electron chi connectivity index (χ1n) is 11.9. The third-order valence-corrected chi connectivity index (χ3v) is 8.33. The van der Waals surface area contributed by atoms with Crippen molar-refractivity contribution < 1.29 is 13.2 Å². The summed E-state index contributed by atoms with van der Waals surface area (Å²) < 4.78 is 29.8. The lowest BCUT2D eigenvalue weighted by Gasteiger charge is -2.28. The molecule has 10 heteroatoms. The van der Waals surface area contributed by atoms with Gasteiger partial charge in [0.25, 0.3) is 5.56 Å². The van der Waals surface area contributed by atoms with E-state index in [1.165, 1.54) is 4.57 Å². The summed E-state index contributed by atoms with van der Waals surface area (Å²) in [6, 6.07) is 3.02. The summed E-state index contributed by atoms with van der Waals surface area (Å²) in [4.78, 5) is 29.2. The van der Waals surface area contributed by atoms with Gasteiger partial charge < -0.3 is 11.1 Å². The van der Waals surface area contributed by atoms with Crippen LogP contribution in [0.3, 0.4) is 0 Å². The van der Waals surface area contributed by atoms with Crippen LogP contribution in [0, 0.1) is 5.92 Å². The molecule has 4 rings (SSSR count). The van der Waals surface area contributed by atoms with Gasteiger partial charge in [0.15, 0.2) is 0 Å². The van der Waals surface area contributed by atoms with Crippen molar-refractivity contribution in [1.29, 1.82) is 0 Å². The summed E-state index contributed by atoms with van der Waals surface area (Å²) in [5.74, 6) is 0.447. The maximum Gasteiger partial charge on any atom is 0.279 e. The first kappa shape index (κ1) is 24.3. The number of nitrogens with two attached hydrogens (primary N) is 1. The SMILES string of the molecule is C=C1C(CNC=O)=C(n2c(C3CC3)ccc(NS(=O)(=O)CC3CCCCC3)c2=O)C(N)=NC1C. The number of amides is 1. The van der Waals surface area contributed by atoms with E-state index >= 15 is 0 Å². The molecule has 2 heterocycles. The number of pyridine rings is 1. The third kappa shape index (κ3) is 5.11. The second-order valence-electron chi connectivity index (χ2n) is 9.52. The van der Waals surface area contributed by atoms with Gasteiger partial charge in [-0.2, -0.15) is 0 Å². The highest BCUT2D eigenvalue weighted by Crippen LogP contribution is 2.41. The zero-order valence-corrected chi connectivity index (χ0v) is 20.4. The first-order valence-corrected chi connectivity index (χ1v) is 13.6. The van der Waals surface area contributed by atoms with Crippen molar-refractivity contribution in [3.8, 4) is 0 Å². The molecule has 3 aliphatic rings. The van der Waals surface area contributed by atoms with Gasteiger partial charge in [0, 0.05) is 17.8 Å². The molecule has 2 aliphatic carbocycles. The molecule has 0 spiro atoms. The van der Waals surface area contributed by atoms with Crippen LogP contribution in [-0.2, 0) is 14.8 Å². The monoisotopic (exact) mass is 487 g/mol. The van der Waals surface area contributed by atoms with Crippen molar-refractivity contribution in [2.45, 2.75) is 63.8 Å². The fourth-order valence-corrected chi connectivity index (χ4v) is 6.46. The van der Waals surface area contributed by atoms with Crippen LogP contribution < -0.4 is 21.3 Å². The van der Waals surface area contributed by atoms with Crippen molar-refractivity contribution in [3.63, 3.8) is 0 Å². The standard InChI is InChI=1S/C24H33N5O4S/c1-15-16(2)27-23(25)22(19(15)12-26-14-30)29-21(18-8-9-18)11-10-20(24(29)31)28-34(32,33)13-17-6-4-3-5-7-17/h10-11,14,16-18,28H,1,3-9,12-13H2,2H3,(H2,25,27)(H,26,30). The number of amidine groups is 1. The molecule has 1 atom stereocenters. The molecule has 4 N–H and O–H groups in total. The fourth-order valence-electron chi connectivity index (χ4n) is 4.93. The summed E-state index contributed by atoms with van der Waals surface area (Å²) in [6.07, 6.45) is 7.42. The summed E-state index contributed by atoms with van der Waals surface area (Å²) in [5, 5.41) is 2.63. The number of nitrogens with zero attached hydrogens (tertiary/aromatic N) is 2. The predicted octanol–water partition coefficient (Wildman–Crippen LogP) is 2.32. The topological polar surface area (TPSA) is 136 Å². The molecule has 184 valence electrons. The van der Waals surface area contributed by atoms with Crippen LogP contribution in [-0.4, -0.2) is 43.6 Å². The van der Waals surface area contributed by atoms with E-state index in [4.69, 9.17) is 5.73 Å². The molecule has 1 aromatic rings. The second-order valence-corrected chi connectivity index (χ2v) is 11.3. The molecule has 1 amide bonds. The number of hydrogen-bond donors (Lipinski definition) is 3. The third-order valence-electron chi connectivity index (χ3n) is 6.89. The van der Waals surface area contributed by atoms with Crippen LogP contribution in [0.4, 0.5) is 5.69 Å². The van der Waals surface area contributed by atoms with E-state index in [-0.39, 0.29) is 41.7 Å². The summed E-state index contributed by atoms with van der Waals surface area (Å²) >= 11 is 0. The summed E-state index contributed by atoms with van der Waals surface area (Å²) in [5.41, 5.74) is 8.16. The number of rotatable bonds is 9. The van der Waals surface area contributed by atoms with Crippen molar-refractivity contribution >= 4 is 33.7 Å². The van der Waals surface area contributed by atoms with E-state index in [0.717, 1.165) is 50.6 Å². The molecule has 0 saturated heterocycles. The van der Waals surface area contributed by atoms with Gasteiger partial charge in [-0.3, -0.25) is 23.9 Å². The van der Waals surface area contributed by atoms with Crippen molar-refractivity contribution in [2.75, 3.05) is 17.0 Å². The molecule has 1 unspecified atom stereocenters. The molecule has 9 nitrogen and oxygen atoms in total. The van der Waals surface area contributed by atoms with Gasteiger partial charge in [-0.15, -0.1) is 0 Å². The van der Waals surface area contributed by atoms with Gasteiger partial charge in [-0.25, -0.2) is 8.42 Å². The van der Waals surface area contributed by atoms with Crippen LogP contribution in [0.15, 0.2) is 39.6 Å². The molecule has 1 aromatic heterocycles. The van der Waals surface area contributed by atoms with E-state index < -0.39 is 15.6 Å². The highest BCUT2D eigenvalue weighted by Gasteiger charge is 2.33. The quantitative estimate of drug-likeness (QED) is 0.459. The number of sulfonamides is 1. The Hall–Kier alpha value is -2.88. The van der Waals surface area contributed by atoms with Gasteiger partial charge >= 0.3 is 0 Å². The van der Waals surface area contributed by atoms with Gasteiger partial charge in [0.2, 0.25) is 16.4 Å². The number of hydrogen-bond acceptors (Lipinski definition) is 6. The van der Waals surface area contributed by atoms with Gasteiger partial charge in [-0.05, 0) is 62.1 Å². The molecule has 1 aliphatic heterocycles. The number of carbonyl (C=O) groups is 1. The Morgan fingerprint density at radius 3 is 2.56 bits per heavy atom. The van der Waals surface area contributed by atoms with E-state index in [9.17, 15) is 18.0 Å². The maximum atomic E-state index is 13.7. The maximum absolute atomic E-state index is 13.7. The van der Waals surface area contributed by atoms with Crippen LogP contribution in [0.5, 0.6) is 0 Å². The van der Waals surface area contributed by atoms with E-state index in [0.29, 0.717) is 23.3 Å². The van der Waals surface area contributed by atoms with E-state index in [2.05, 4.69) is 21.6 Å². The summed E-state index contributed by atoms with van der Waals surface area (Å²) in [7, 11) is -3.70. The number of aliphatic imine (C=N–C) groups is 1. The van der Waals surface area contributed by atoms with Gasteiger partial charge in [0.05, 0.1) is 17.5 Å². The molecule has 0 aromatic carbocycles. The Morgan fingerprint density at radius 1 is 1.21 bits per heavy atom. The van der Waals surface area contributed by atoms with Crippen molar-refractivity contribution in [3.05, 3.63) is 45.9 Å². The molecule has 0 bridgehead atoms. The lowest BCUT2D eigenvalue weighted by molar-refractivity contribution is -0.109. The van der Waals surface area contributed by atoms with Crippen LogP contribution >= 0.6 is 0 Å². The number of dihydropyridines is 1. The van der Waals surface area contributed by atoms with Crippen LogP contribution in [0.1, 0.15) is 63.5 Å². The van der Waals surface area contributed by atoms with E-state index in [1.807, 2.05) is 6.92 Å². The first-order chi connectivity index (χ1) is 16.2. The predicted molar refractivity (Wildman–Crippen MR) is 134 cm³/mol. The highest BCUT2D eigenvalue weighted by molar-refractivity contribution is 7.92. The lowest BCUT2D eigenvalue weighted by atomic mass is 9.91. The minimum Gasteiger partial charge on any atom is -0.382 e. The fraction of sp³-hybridized carbons (Fsp3) is 0.542. The zero-order valence-electron chi connectivity index (χ0n) is 19.5. The number of aromatic nitrogens is 1. The van der Waals surface area contributed by atoms with Crippen LogP contribution in [0.25, 0.3) is 5.70 Å². The Bertz CT molecular complexity index is 1200. The smallest absolute Gasteiger partial charge is 0.279 e. The van der Waals surface area contributed by atoms with Gasteiger partial charge in [0.1, 0.15) is 11.5 Å². The minimum atomic E-state index is -3.70. The average molecular weight is 488 g/mol. The minimum absolute atomic E-state index is 0.00589. The Labute approximate surface area is 200 Å². The molecule has 34 heavy (non-hydrogen) atoms. The second kappa shape index (κ2) is 9.77. The Kier molecular flexibility index (Phi) is 6.97. The molecule has 0 radical (unpaired) electrons. The Morgan fingerprint density at radius 2 is 1.91 bits per heavy atom. The van der Waals surface area contributed by atoms with Crippen molar-refractivity contribution in [1.82, 2.24) is 9.88 Å². The zero-order chi connectivity index (χ0) is 24.5. The molecule has 2 saturated carbocycles. The largest absolute Gasteiger partial charge is 0.382 e. The summed E-state index contributed by atoms with van der Waals surface area (Å²) in [6.45, 7) is 6.07. The van der Waals surface area contributed by atoms with Crippen molar-refractivity contribution in [2.24, 2.45) is 16.6 Å². The lowest BCUT2D eigenvalue weighted by Crippen LogP contribution is -2.37.